The fourth-order valence-electron chi connectivity index (χ4n) is 0.620. The van der Waals surface area contributed by atoms with Gasteiger partial charge in [-0.3, -0.25) is 0 Å². The van der Waals surface area contributed by atoms with Crippen LogP contribution in [0.25, 0.3) is 0 Å². The molecule has 0 unspecified atom stereocenters. The average Bonchev–Trinajstić information content (AvgIpc) is 2.15. The van der Waals surface area contributed by atoms with Gasteiger partial charge in [0.25, 0.3) is 5.12 Å². The highest BCUT2D eigenvalue weighted by Crippen LogP contribution is 2.12. The van der Waals surface area contributed by atoms with Crippen molar-refractivity contribution in [2.24, 2.45) is 5.73 Å². The quantitative estimate of drug-likeness (QED) is 0.275. The molecule has 0 bridgehead atoms. The first kappa shape index (κ1) is 15.8. The lowest BCUT2D eigenvalue weighted by atomic mass is 10.4. The number of hydrogen-bond acceptors (Lipinski definition) is 7. The van der Waals surface area contributed by atoms with Gasteiger partial charge < -0.3 is 15.9 Å². The minimum absolute atomic E-state index is 0.338. The zero-order chi connectivity index (χ0) is 13.7. The monoisotopic (exact) mass is 283 g/mol. The van der Waals surface area contributed by atoms with E-state index in [1.807, 2.05) is 0 Å². The Hall–Kier alpha value is -1.16. The van der Waals surface area contributed by atoms with E-state index < -0.39 is 25.7 Å². The molecule has 0 rings (SSSR count). The maximum absolute atomic E-state index is 11.2. The van der Waals surface area contributed by atoms with E-state index in [0.29, 0.717) is 12.3 Å². The summed E-state index contributed by atoms with van der Waals surface area (Å²) < 4.78 is 43.8. The normalized spacial score (nSPS) is 15.2. The number of rotatable bonds is 5. The number of allylic oxidation sites excluding steroid dienone is 3. The minimum atomic E-state index is -4.38. The zero-order valence-corrected chi connectivity index (χ0v) is 10.6. The van der Waals surface area contributed by atoms with Gasteiger partial charge in [-0.1, -0.05) is 0 Å². The second kappa shape index (κ2) is 5.96. The second-order valence-corrected chi connectivity index (χ2v) is 6.18. The van der Waals surface area contributed by atoms with Crippen molar-refractivity contribution >= 4 is 20.5 Å². The number of thiol groups is 1. The number of aliphatic hydroxyl groups is 2. The van der Waals surface area contributed by atoms with Crippen LogP contribution in [0.2, 0.25) is 0 Å². The van der Waals surface area contributed by atoms with Gasteiger partial charge in [0, 0.05) is 12.3 Å². The first-order valence-corrected chi connectivity index (χ1v) is 6.94. The molecule has 4 N–H and O–H groups in total. The molecule has 0 aromatic heterocycles. The molecule has 0 saturated carbocycles. The summed E-state index contributed by atoms with van der Waals surface area (Å²) in [5.74, 6) is 0. The highest BCUT2D eigenvalue weighted by molar-refractivity contribution is 7.95. The lowest BCUT2D eigenvalue weighted by Crippen LogP contribution is -2.32. The number of hydrogen-bond donors (Lipinski definition) is 4. The van der Waals surface area contributed by atoms with E-state index in [-0.39, 0.29) is 4.91 Å². The SMILES string of the molecule is CC(O)(O)S(=O)(=O)/C=C/C(=C\C=C\N)[SH](=O)=O. The van der Waals surface area contributed by atoms with Crippen molar-refractivity contribution < 1.29 is 27.0 Å². The molecule has 0 aromatic rings. The summed E-state index contributed by atoms with van der Waals surface area (Å²) in [6.07, 6.45) is 4.04. The third kappa shape index (κ3) is 5.13. The van der Waals surface area contributed by atoms with E-state index in [1.165, 1.54) is 6.08 Å². The van der Waals surface area contributed by atoms with Crippen LogP contribution in [0, 0.1) is 0 Å². The number of nitrogens with two attached hydrogens (primary N) is 1. The predicted octanol–water partition coefficient (Wildman–Crippen LogP) is -1.46. The van der Waals surface area contributed by atoms with Gasteiger partial charge in [0.1, 0.15) is 0 Å². The summed E-state index contributed by atoms with van der Waals surface area (Å²) in [5, 5.41) is 15.2. The maximum Gasteiger partial charge on any atom is 0.270 e. The van der Waals surface area contributed by atoms with Crippen molar-refractivity contribution in [2.45, 2.75) is 12.0 Å². The Kier molecular flexibility index (Phi) is 5.55. The molecule has 0 aliphatic rings. The van der Waals surface area contributed by atoms with Crippen molar-refractivity contribution in [3.63, 3.8) is 0 Å². The molecule has 0 radical (unpaired) electrons. The lowest BCUT2D eigenvalue weighted by molar-refractivity contribution is -0.0670. The molecule has 0 fully saturated rings. The van der Waals surface area contributed by atoms with E-state index in [2.05, 4.69) is 0 Å². The Morgan fingerprint density at radius 3 is 2.24 bits per heavy atom. The van der Waals surface area contributed by atoms with Crippen LogP contribution >= 0.6 is 0 Å². The highest BCUT2D eigenvalue weighted by Gasteiger charge is 2.31. The van der Waals surface area contributed by atoms with Gasteiger partial charge in [-0.15, -0.1) is 0 Å². The van der Waals surface area contributed by atoms with E-state index in [1.54, 1.807) is 0 Å². The molecule has 0 heterocycles. The Bertz CT molecular complexity index is 511. The van der Waals surface area contributed by atoms with Crippen molar-refractivity contribution in [2.75, 3.05) is 0 Å². The predicted molar refractivity (Wildman–Crippen MR) is 62.6 cm³/mol. The van der Waals surface area contributed by atoms with Gasteiger partial charge in [0.15, 0.2) is 10.7 Å². The molecule has 17 heavy (non-hydrogen) atoms. The Morgan fingerprint density at radius 1 is 1.35 bits per heavy atom. The van der Waals surface area contributed by atoms with Gasteiger partial charge in [0.2, 0.25) is 9.84 Å². The molecule has 0 aliphatic heterocycles. The minimum Gasteiger partial charge on any atom is -0.405 e. The molecule has 0 aromatic carbocycles. The number of sulfone groups is 1. The average molecular weight is 283 g/mol. The van der Waals surface area contributed by atoms with Crippen LogP contribution in [-0.2, 0) is 20.5 Å². The molecule has 0 amide bonds. The molecule has 0 atom stereocenters. The Balaban J connectivity index is 5.32. The molecular weight excluding hydrogens is 270 g/mol. The molecule has 7 nitrogen and oxygen atoms in total. The van der Waals surface area contributed by atoms with Crippen molar-refractivity contribution in [3.05, 3.63) is 34.7 Å². The first-order chi connectivity index (χ1) is 7.62. The van der Waals surface area contributed by atoms with Crippen LogP contribution in [0.1, 0.15) is 6.92 Å². The topological polar surface area (TPSA) is 135 Å². The molecule has 98 valence electrons. The van der Waals surface area contributed by atoms with Gasteiger partial charge in [-0.05, 0) is 24.4 Å². The van der Waals surface area contributed by atoms with Crippen LogP contribution in [0.15, 0.2) is 34.7 Å². The summed E-state index contributed by atoms with van der Waals surface area (Å²) in [6, 6.07) is 0. The van der Waals surface area contributed by atoms with Crippen LogP contribution in [0.5, 0.6) is 0 Å². The van der Waals surface area contributed by atoms with E-state index in [9.17, 15) is 16.8 Å². The van der Waals surface area contributed by atoms with Crippen LogP contribution in [0.4, 0.5) is 0 Å². The fourth-order valence-corrected chi connectivity index (χ4v) is 1.71. The van der Waals surface area contributed by atoms with Gasteiger partial charge >= 0.3 is 0 Å². The fraction of sp³-hybridized carbons (Fsp3) is 0.250. The van der Waals surface area contributed by atoms with E-state index in [4.69, 9.17) is 15.9 Å². The van der Waals surface area contributed by atoms with Crippen molar-refractivity contribution in [1.82, 2.24) is 0 Å². The van der Waals surface area contributed by atoms with Gasteiger partial charge in [-0.2, -0.15) is 0 Å². The van der Waals surface area contributed by atoms with E-state index in [0.717, 1.165) is 18.4 Å². The molecular formula is C8H13NO6S2. The Morgan fingerprint density at radius 2 is 1.88 bits per heavy atom. The van der Waals surface area contributed by atoms with Gasteiger partial charge in [0.05, 0.1) is 4.91 Å². The third-order valence-corrected chi connectivity index (χ3v) is 3.84. The van der Waals surface area contributed by atoms with Crippen LogP contribution in [-0.4, -0.2) is 32.2 Å². The lowest BCUT2D eigenvalue weighted by Gasteiger charge is -2.12. The zero-order valence-electron chi connectivity index (χ0n) is 8.85. The summed E-state index contributed by atoms with van der Waals surface area (Å²) >= 11 is 0. The largest absolute Gasteiger partial charge is 0.405 e. The highest BCUT2D eigenvalue weighted by atomic mass is 32.2. The van der Waals surface area contributed by atoms with E-state index >= 15 is 0 Å². The summed E-state index contributed by atoms with van der Waals surface area (Å²) in [6.45, 7) is 0.646. The standard InChI is InChI=1S/C8H13NO6S2/c1-8(10,11)17(14,15)6-4-7(16(12)13)3-2-5-9/h2-6,10-11,16H,9H2,1H3/b5-2+,6-4+,7-3+. The van der Waals surface area contributed by atoms with Crippen LogP contribution < -0.4 is 5.73 Å². The second-order valence-electron chi connectivity index (χ2n) is 3.02. The molecule has 0 aliphatic carbocycles. The molecule has 0 saturated heterocycles. The molecule has 0 spiro atoms. The van der Waals surface area contributed by atoms with Gasteiger partial charge in [-0.25, -0.2) is 16.8 Å². The molecule has 9 heteroatoms. The van der Waals surface area contributed by atoms with Crippen LogP contribution in [0.3, 0.4) is 0 Å². The first-order valence-electron chi connectivity index (χ1n) is 4.22. The Labute approximate surface area is 100 Å². The van der Waals surface area contributed by atoms with Crippen molar-refractivity contribution in [1.29, 1.82) is 0 Å². The maximum atomic E-state index is 11.2. The summed E-state index contributed by atoms with van der Waals surface area (Å²) in [5.41, 5.74) is 4.98. The smallest absolute Gasteiger partial charge is 0.270 e. The summed E-state index contributed by atoms with van der Waals surface area (Å²) in [4.78, 5) is -0.338. The summed E-state index contributed by atoms with van der Waals surface area (Å²) in [7, 11) is -7.41. The third-order valence-electron chi connectivity index (χ3n) is 1.55. The van der Waals surface area contributed by atoms with Crippen molar-refractivity contribution in [3.8, 4) is 0 Å².